The zero-order valence-electron chi connectivity index (χ0n) is 4.84. The minimum Gasteiger partial charge on any atom is -0.474 e. The highest BCUT2D eigenvalue weighted by Gasteiger charge is 1.45. The van der Waals surface area contributed by atoms with Crippen molar-refractivity contribution in [2.24, 2.45) is 5.73 Å². The molecule has 2 N–H and O–H groups in total. The molecule has 0 aromatic heterocycles. The Morgan fingerprint density at radius 2 is 1.38 bits per heavy atom. The maximum absolute atomic E-state index is 4.61. The molecule has 2 heteroatoms. The van der Waals surface area contributed by atoms with Gasteiger partial charge in [-0.25, -0.2) is 0 Å². The van der Waals surface area contributed by atoms with Gasteiger partial charge in [-0.15, -0.1) is 0 Å². The highest BCUT2D eigenvalue weighted by molar-refractivity contribution is 4.57. The van der Waals surface area contributed by atoms with Gasteiger partial charge in [0.1, 0.15) is 0 Å². The molecule has 0 heterocycles. The van der Waals surface area contributed by atoms with Gasteiger partial charge >= 0.3 is 0 Å². The Morgan fingerprint density at radius 3 is 1.38 bits per heavy atom. The lowest BCUT2D eigenvalue weighted by Crippen LogP contribution is -1.67. The van der Waals surface area contributed by atoms with Crippen molar-refractivity contribution in [3.63, 3.8) is 0 Å². The first-order valence-electron chi connectivity index (χ1n) is 2.03. The molecule has 0 atom stereocenters. The largest absolute Gasteiger partial charge is 0.474 e. The summed E-state index contributed by atoms with van der Waals surface area (Å²) in [6, 6.07) is 0. The van der Waals surface area contributed by atoms with Crippen molar-refractivity contribution in [3.8, 4) is 0 Å². The van der Waals surface area contributed by atoms with Crippen molar-refractivity contribution >= 4 is 0 Å². The van der Waals surface area contributed by atoms with E-state index in [0.717, 1.165) is 0 Å². The Balaban J connectivity index is 0. The van der Waals surface area contributed by atoms with Crippen LogP contribution in [0.25, 0.3) is 0 Å². The molecule has 0 aliphatic carbocycles. The van der Waals surface area contributed by atoms with Crippen molar-refractivity contribution in [2.75, 3.05) is 0 Å². The van der Waals surface area contributed by atoms with E-state index in [1.54, 1.807) is 0 Å². The van der Waals surface area contributed by atoms with Gasteiger partial charge in [0.25, 0.3) is 0 Å². The van der Waals surface area contributed by atoms with Crippen molar-refractivity contribution in [1.29, 1.82) is 0 Å². The van der Waals surface area contributed by atoms with Gasteiger partial charge in [0.2, 0.25) is 0 Å². The third-order valence-electron chi connectivity index (χ3n) is 0.192. The SMILES string of the molecule is C=CN.C=COC=C. The summed E-state index contributed by atoms with van der Waals surface area (Å²) >= 11 is 0. The smallest absolute Gasteiger partial charge is 0.0829 e. The Labute approximate surface area is 50.0 Å². The second-order valence-electron chi connectivity index (χ2n) is 0.705. The van der Waals surface area contributed by atoms with Crippen LogP contribution in [0.15, 0.2) is 38.5 Å². The fraction of sp³-hybridized carbons (Fsp3) is 0. The molecular formula is C6H11NO. The van der Waals surface area contributed by atoms with Crippen LogP contribution in [-0.4, -0.2) is 0 Å². The van der Waals surface area contributed by atoms with Crippen LogP contribution < -0.4 is 5.73 Å². The topological polar surface area (TPSA) is 35.2 Å². The number of nitrogens with two attached hydrogens (primary N) is 1. The lowest BCUT2D eigenvalue weighted by molar-refractivity contribution is 0.406. The highest BCUT2D eigenvalue weighted by Crippen LogP contribution is 1.65. The van der Waals surface area contributed by atoms with E-state index >= 15 is 0 Å². The summed E-state index contributed by atoms with van der Waals surface area (Å²) in [6.07, 6.45) is 3.88. The molecule has 0 aliphatic rings. The summed E-state index contributed by atoms with van der Waals surface area (Å²) in [5, 5.41) is 0. The predicted octanol–water partition coefficient (Wildman–Crippen LogP) is 1.38. The minimum atomic E-state index is 1.25. The molecule has 0 fully saturated rings. The molecule has 0 radical (unpaired) electrons. The number of hydrogen-bond donors (Lipinski definition) is 1. The first kappa shape index (κ1) is 9.94. The second-order valence-corrected chi connectivity index (χ2v) is 0.705. The Bertz CT molecular complexity index is 62.9. The summed E-state index contributed by atoms with van der Waals surface area (Å²) in [5.41, 5.74) is 4.61. The molecule has 8 heavy (non-hydrogen) atoms. The van der Waals surface area contributed by atoms with Crippen LogP contribution in [0.5, 0.6) is 0 Å². The molecule has 0 spiro atoms. The van der Waals surface area contributed by atoms with Gasteiger partial charge in [-0.3, -0.25) is 0 Å². The standard InChI is InChI=1S/C4H6O.C2H5N/c1-3-5-4-2;1-2-3/h3-4H,1-2H2;2H,1,3H2. The quantitative estimate of drug-likeness (QED) is 0.549. The summed E-state index contributed by atoms with van der Waals surface area (Å²) in [5.74, 6) is 0. The summed E-state index contributed by atoms with van der Waals surface area (Å²) in [6.45, 7) is 9.65. The first-order valence-corrected chi connectivity index (χ1v) is 2.03. The fourth-order valence-electron chi connectivity index (χ4n) is 0.0680. The fourth-order valence-corrected chi connectivity index (χ4v) is 0.0680. The van der Waals surface area contributed by atoms with E-state index in [2.05, 4.69) is 30.2 Å². The summed E-state index contributed by atoms with van der Waals surface area (Å²) in [7, 11) is 0. The van der Waals surface area contributed by atoms with Gasteiger partial charge in [-0.05, 0) is 6.20 Å². The Hall–Kier alpha value is -1.18. The molecule has 0 amide bonds. The average molecular weight is 113 g/mol. The molecule has 2 nitrogen and oxygen atoms in total. The lowest BCUT2D eigenvalue weighted by Gasteiger charge is -1.76. The van der Waals surface area contributed by atoms with Crippen LogP contribution in [0.4, 0.5) is 0 Å². The van der Waals surface area contributed by atoms with Crippen molar-refractivity contribution in [2.45, 2.75) is 0 Å². The first-order chi connectivity index (χ1) is 3.83. The van der Waals surface area contributed by atoms with E-state index in [-0.39, 0.29) is 0 Å². The second kappa shape index (κ2) is 17.0. The van der Waals surface area contributed by atoms with Gasteiger partial charge < -0.3 is 10.5 Å². The summed E-state index contributed by atoms with van der Waals surface area (Å²) < 4.78 is 4.36. The third kappa shape index (κ3) is 105. The Morgan fingerprint density at radius 1 is 1.12 bits per heavy atom. The van der Waals surface area contributed by atoms with Crippen LogP contribution in [-0.2, 0) is 4.74 Å². The van der Waals surface area contributed by atoms with E-state index in [9.17, 15) is 0 Å². The van der Waals surface area contributed by atoms with Gasteiger partial charge in [0.05, 0.1) is 12.5 Å². The van der Waals surface area contributed by atoms with Crippen LogP contribution in [0.2, 0.25) is 0 Å². The molecule has 0 aromatic carbocycles. The van der Waals surface area contributed by atoms with Crippen LogP contribution in [0, 0.1) is 0 Å². The monoisotopic (exact) mass is 113 g/mol. The molecule has 0 unspecified atom stereocenters. The molecule has 0 saturated heterocycles. The molecule has 0 rings (SSSR count). The zero-order valence-corrected chi connectivity index (χ0v) is 4.84. The van der Waals surface area contributed by atoms with Crippen LogP contribution >= 0.6 is 0 Å². The van der Waals surface area contributed by atoms with E-state index in [1.807, 2.05) is 0 Å². The Kier molecular flexibility index (Phi) is 21.1. The molecule has 0 bridgehead atoms. The van der Waals surface area contributed by atoms with Crippen molar-refractivity contribution < 1.29 is 4.74 Å². The molecule has 46 valence electrons. The normalized spacial score (nSPS) is 5.00. The summed E-state index contributed by atoms with van der Waals surface area (Å²) in [4.78, 5) is 0. The maximum atomic E-state index is 4.61. The molecule has 0 saturated carbocycles. The van der Waals surface area contributed by atoms with E-state index < -0.39 is 0 Å². The van der Waals surface area contributed by atoms with Gasteiger partial charge in [-0.2, -0.15) is 0 Å². The number of rotatable bonds is 2. The third-order valence-corrected chi connectivity index (χ3v) is 0.192. The number of ether oxygens (including phenoxy) is 1. The van der Waals surface area contributed by atoms with Crippen molar-refractivity contribution in [1.82, 2.24) is 0 Å². The van der Waals surface area contributed by atoms with E-state index in [0.29, 0.717) is 0 Å². The van der Waals surface area contributed by atoms with Crippen LogP contribution in [0.1, 0.15) is 0 Å². The predicted molar refractivity (Wildman–Crippen MR) is 35.9 cm³/mol. The average Bonchev–Trinajstić information content (AvgIpc) is 1.71. The molecular weight excluding hydrogens is 102 g/mol. The van der Waals surface area contributed by atoms with Gasteiger partial charge in [0, 0.05) is 0 Å². The van der Waals surface area contributed by atoms with E-state index in [1.165, 1.54) is 18.7 Å². The van der Waals surface area contributed by atoms with Gasteiger partial charge in [0.15, 0.2) is 0 Å². The van der Waals surface area contributed by atoms with Crippen molar-refractivity contribution in [3.05, 3.63) is 38.5 Å². The number of hydrogen-bond acceptors (Lipinski definition) is 2. The van der Waals surface area contributed by atoms with Gasteiger partial charge in [-0.1, -0.05) is 19.7 Å². The highest BCUT2D eigenvalue weighted by atomic mass is 16.5. The molecule has 0 aliphatic heterocycles. The molecule has 0 aromatic rings. The van der Waals surface area contributed by atoms with E-state index in [4.69, 9.17) is 0 Å². The zero-order chi connectivity index (χ0) is 6.83. The van der Waals surface area contributed by atoms with Crippen LogP contribution in [0.3, 0.4) is 0 Å². The lowest BCUT2D eigenvalue weighted by atomic mass is 11.1. The maximum Gasteiger partial charge on any atom is 0.0829 e. The minimum absolute atomic E-state index is 1.25.